The number of halogens is 1. The Labute approximate surface area is 111 Å². The van der Waals surface area contributed by atoms with E-state index in [0.29, 0.717) is 28.6 Å². The lowest BCUT2D eigenvalue weighted by Gasteiger charge is -2.14. The van der Waals surface area contributed by atoms with E-state index >= 15 is 0 Å². The number of anilines is 3. The third kappa shape index (κ3) is 2.88. The van der Waals surface area contributed by atoms with Crippen molar-refractivity contribution in [1.29, 1.82) is 0 Å². The highest BCUT2D eigenvalue weighted by atomic mass is 19.1. The van der Waals surface area contributed by atoms with Gasteiger partial charge in [-0.1, -0.05) is 0 Å². The summed E-state index contributed by atoms with van der Waals surface area (Å²) >= 11 is 0. The van der Waals surface area contributed by atoms with Crippen LogP contribution in [0, 0.1) is 5.82 Å². The molecule has 2 rings (SSSR count). The fourth-order valence-corrected chi connectivity index (χ4v) is 1.69. The van der Waals surface area contributed by atoms with E-state index in [1.54, 1.807) is 32.4 Å². The molecule has 0 radical (unpaired) electrons. The van der Waals surface area contributed by atoms with E-state index in [9.17, 15) is 4.39 Å². The fraction of sp³-hybridized carbons (Fsp3) is 0.143. The molecule has 100 valence electrons. The van der Waals surface area contributed by atoms with Gasteiger partial charge in [-0.25, -0.2) is 4.39 Å². The molecule has 2 aromatic carbocycles. The molecule has 0 heterocycles. The summed E-state index contributed by atoms with van der Waals surface area (Å²) in [5.41, 5.74) is 7.38. The van der Waals surface area contributed by atoms with Gasteiger partial charge in [-0.15, -0.1) is 0 Å². The highest BCUT2D eigenvalue weighted by Crippen LogP contribution is 2.33. The van der Waals surface area contributed by atoms with E-state index in [2.05, 4.69) is 5.32 Å². The van der Waals surface area contributed by atoms with Crippen LogP contribution in [0.15, 0.2) is 36.4 Å². The number of nitrogen functional groups attached to an aromatic ring is 1. The second kappa shape index (κ2) is 5.48. The number of methoxy groups -OCH3 is 2. The highest BCUT2D eigenvalue weighted by molar-refractivity contribution is 5.76. The van der Waals surface area contributed by atoms with Crippen LogP contribution in [-0.2, 0) is 0 Å². The van der Waals surface area contributed by atoms with E-state index in [4.69, 9.17) is 15.2 Å². The number of nitrogens with one attached hydrogen (secondary N) is 1. The molecule has 0 fully saturated rings. The first-order valence-electron chi connectivity index (χ1n) is 5.68. The maximum Gasteiger partial charge on any atom is 0.142 e. The molecule has 3 N–H and O–H groups in total. The molecule has 2 aromatic rings. The van der Waals surface area contributed by atoms with Crippen molar-refractivity contribution in [1.82, 2.24) is 0 Å². The Bertz CT molecular complexity index is 588. The van der Waals surface area contributed by atoms with E-state index in [-0.39, 0.29) is 5.82 Å². The largest absolute Gasteiger partial charge is 0.497 e. The summed E-state index contributed by atoms with van der Waals surface area (Å²) in [5.74, 6) is 0.918. The van der Waals surface area contributed by atoms with Crippen molar-refractivity contribution in [3.63, 3.8) is 0 Å². The lowest BCUT2D eigenvalue weighted by molar-refractivity contribution is 0.405. The van der Waals surface area contributed by atoms with Gasteiger partial charge in [0.05, 0.1) is 31.3 Å². The molecule has 0 saturated heterocycles. The topological polar surface area (TPSA) is 56.5 Å². The number of nitrogens with two attached hydrogens (primary N) is 1. The zero-order chi connectivity index (χ0) is 13.8. The first kappa shape index (κ1) is 13.0. The van der Waals surface area contributed by atoms with Gasteiger partial charge in [-0.2, -0.15) is 0 Å². The van der Waals surface area contributed by atoms with Crippen molar-refractivity contribution in [2.24, 2.45) is 0 Å². The molecule has 4 nitrogen and oxygen atoms in total. The van der Waals surface area contributed by atoms with Gasteiger partial charge in [0.2, 0.25) is 0 Å². The zero-order valence-corrected chi connectivity index (χ0v) is 10.7. The van der Waals surface area contributed by atoms with Crippen LogP contribution < -0.4 is 20.5 Å². The average molecular weight is 262 g/mol. The second-order valence-corrected chi connectivity index (χ2v) is 3.92. The molecule has 0 atom stereocenters. The SMILES string of the molecule is COc1ccc(OC)c(Nc2cc(F)ccc2N)c1. The monoisotopic (exact) mass is 262 g/mol. The molecule has 0 amide bonds. The number of hydrogen-bond donors (Lipinski definition) is 2. The number of hydrogen-bond acceptors (Lipinski definition) is 4. The minimum atomic E-state index is -0.362. The van der Waals surface area contributed by atoms with Crippen LogP contribution >= 0.6 is 0 Å². The summed E-state index contributed by atoms with van der Waals surface area (Å²) in [6.45, 7) is 0. The number of benzene rings is 2. The Balaban J connectivity index is 2.38. The Hall–Kier alpha value is -2.43. The standard InChI is InChI=1S/C14H15FN2O2/c1-18-10-4-6-14(19-2)13(8-10)17-12-7-9(15)3-5-11(12)16/h3-8,17H,16H2,1-2H3. The van der Waals surface area contributed by atoms with Crippen molar-refractivity contribution in [3.05, 3.63) is 42.2 Å². The predicted octanol–water partition coefficient (Wildman–Crippen LogP) is 3.17. The van der Waals surface area contributed by atoms with Gasteiger partial charge < -0.3 is 20.5 Å². The molecule has 19 heavy (non-hydrogen) atoms. The van der Waals surface area contributed by atoms with Crippen molar-refractivity contribution in [2.45, 2.75) is 0 Å². The average Bonchev–Trinajstić information content (AvgIpc) is 2.42. The molecule has 0 aliphatic carbocycles. The highest BCUT2D eigenvalue weighted by Gasteiger charge is 2.08. The molecule has 0 bridgehead atoms. The van der Waals surface area contributed by atoms with E-state index < -0.39 is 0 Å². The summed E-state index contributed by atoms with van der Waals surface area (Å²) < 4.78 is 23.6. The van der Waals surface area contributed by atoms with Gasteiger partial charge in [0, 0.05) is 6.07 Å². The van der Waals surface area contributed by atoms with Crippen LogP contribution in [0.5, 0.6) is 11.5 Å². The maximum atomic E-state index is 13.2. The van der Waals surface area contributed by atoms with Crippen molar-refractivity contribution in [3.8, 4) is 11.5 Å². The first-order valence-corrected chi connectivity index (χ1v) is 5.68. The molecule has 0 unspecified atom stereocenters. The smallest absolute Gasteiger partial charge is 0.142 e. The number of rotatable bonds is 4. The number of ether oxygens (including phenoxy) is 2. The molecular formula is C14H15FN2O2. The normalized spacial score (nSPS) is 10.1. The lowest BCUT2D eigenvalue weighted by Crippen LogP contribution is -1.99. The molecule has 0 aromatic heterocycles. The predicted molar refractivity (Wildman–Crippen MR) is 73.6 cm³/mol. The summed E-state index contributed by atoms with van der Waals surface area (Å²) in [4.78, 5) is 0. The van der Waals surface area contributed by atoms with E-state index in [1.165, 1.54) is 18.2 Å². The van der Waals surface area contributed by atoms with Gasteiger partial charge in [-0.3, -0.25) is 0 Å². The fourth-order valence-electron chi connectivity index (χ4n) is 1.69. The Morgan fingerprint density at radius 2 is 1.79 bits per heavy atom. The van der Waals surface area contributed by atoms with Crippen LogP contribution in [0.1, 0.15) is 0 Å². The summed E-state index contributed by atoms with van der Waals surface area (Å²) in [7, 11) is 3.13. The lowest BCUT2D eigenvalue weighted by atomic mass is 10.2. The Kier molecular flexibility index (Phi) is 3.75. The molecule has 0 aliphatic rings. The van der Waals surface area contributed by atoms with Gasteiger partial charge in [0.15, 0.2) is 0 Å². The van der Waals surface area contributed by atoms with E-state index in [1.807, 2.05) is 0 Å². The third-order valence-electron chi connectivity index (χ3n) is 2.69. The van der Waals surface area contributed by atoms with Crippen LogP contribution in [0.3, 0.4) is 0 Å². The second-order valence-electron chi connectivity index (χ2n) is 3.92. The van der Waals surface area contributed by atoms with Crippen molar-refractivity contribution >= 4 is 17.1 Å². The molecule has 0 spiro atoms. The van der Waals surface area contributed by atoms with Crippen LogP contribution in [0.25, 0.3) is 0 Å². The molecule has 5 heteroatoms. The Morgan fingerprint density at radius 3 is 2.47 bits per heavy atom. The quantitative estimate of drug-likeness (QED) is 0.831. The maximum absolute atomic E-state index is 13.2. The van der Waals surface area contributed by atoms with Gasteiger partial charge in [0.25, 0.3) is 0 Å². The summed E-state index contributed by atoms with van der Waals surface area (Å²) in [6.07, 6.45) is 0. The molecular weight excluding hydrogens is 247 g/mol. The Morgan fingerprint density at radius 1 is 1.00 bits per heavy atom. The first-order chi connectivity index (χ1) is 9.13. The molecule has 0 aliphatic heterocycles. The summed E-state index contributed by atoms with van der Waals surface area (Å²) in [5, 5.41) is 3.04. The van der Waals surface area contributed by atoms with Crippen LogP contribution in [0.2, 0.25) is 0 Å². The van der Waals surface area contributed by atoms with Crippen molar-refractivity contribution in [2.75, 3.05) is 25.3 Å². The van der Waals surface area contributed by atoms with Crippen LogP contribution in [-0.4, -0.2) is 14.2 Å². The molecule has 0 saturated carbocycles. The van der Waals surface area contributed by atoms with Gasteiger partial charge in [0.1, 0.15) is 17.3 Å². The van der Waals surface area contributed by atoms with Gasteiger partial charge in [-0.05, 0) is 30.3 Å². The van der Waals surface area contributed by atoms with Crippen LogP contribution in [0.4, 0.5) is 21.5 Å². The van der Waals surface area contributed by atoms with E-state index in [0.717, 1.165) is 0 Å². The van der Waals surface area contributed by atoms with Gasteiger partial charge >= 0.3 is 0 Å². The van der Waals surface area contributed by atoms with Crippen molar-refractivity contribution < 1.29 is 13.9 Å². The minimum absolute atomic E-state index is 0.362. The third-order valence-corrected chi connectivity index (χ3v) is 2.69. The summed E-state index contributed by atoms with van der Waals surface area (Å²) in [6, 6.07) is 9.43. The minimum Gasteiger partial charge on any atom is -0.497 e. The zero-order valence-electron chi connectivity index (χ0n) is 10.7.